The lowest BCUT2D eigenvalue weighted by Crippen LogP contribution is -2.49. The SMILES string of the molecule is CC1(C)C[C@@H](NC(=O)NCc2ccccn2)C(C)(C)O1. The van der Waals surface area contributed by atoms with Gasteiger partial charge in [-0.2, -0.15) is 0 Å². The molecule has 1 fully saturated rings. The van der Waals surface area contributed by atoms with Crippen molar-refractivity contribution in [3.63, 3.8) is 0 Å². The van der Waals surface area contributed by atoms with Gasteiger partial charge in [-0.05, 0) is 46.2 Å². The predicted octanol–water partition coefficient (Wildman–Crippen LogP) is 2.23. The van der Waals surface area contributed by atoms with Crippen LogP contribution in [0.15, 0.2) is 24.4 Å². The summed E-state index contributed by atoms with van der Waals surface area (Å²) >= 11 is 0. The maximum absolute atomic E-state index is 12.0. The molecule has 1 aliphatic rings. The van der Waals surface area contributed by atoms with Crippen LogP contribution >= 0.6 is 0 Å². The fourth-order valence-electron chi connectivity index (χ4n) is 2.67. The standard InChI is InChI=1S/C15H23N3O2/c1-14(2)9-12(15(3,4)20-14)18-13(19)17-10-11-7-5-6-8-16-11/h5-8,12H,9-10H2,1-4H3,(H2,17,18,19)/t12-/m1/s1. The van der Waals surface area contributed by atoms with Crippen LogP contribution in [0.25, 0.3) is 0 Å². The number of ether oxygens (including phenoxy) is 1. The van der Waals surface area contributed by atoms with E-state index in [1.54, 1.807) is 6.20 Å². The molecule has 1 aromatic heterocycles. The summed E-state index contributed by atoms with van der Waals surface area (Å²) in [6.45, 7) is 8.52. The lowest BCUT2D eigenvalue weighted by Gasteiger charge is -2.27. The zero-order valence-electron chi connectivity index (χ0n) is 12.6. The Labute approximate surface area is 120 Å². The molecule has 2 amide bonds. The zero-order chi connectivity index (χ0) is 14.8. The first-order valence-electron chi connectivity index (χ1n) is 6.93. The van der Waals surface area contributed by atoms with Crippen LogP contribution < -0.4 is 10.6 Å². The quantitative estimate of drug-likeness (QED) is 0.890. The Morgan fingerprint density at radius 1 is 1.40 bits per heavy atom. The van der Waals surface area contributed by atoms with Crippen LogP contribution in [0.3, 0.4) is 0 Å². The van der Waals surface area contributed by atoms with Crippen LogP contribution in [0.5, 0.6) is 0 Å². The number of aromatic nitrogens is 1. The van der Waals surface area contributed by atoms with Gasteiger partial charge < -0.3 is 15.4 Å². The molecular weight excluding hydrogens is 254 g/mol. The molecule has 0 spiro atoms. The third-order valence-electron chi connectivity index (χ3n) is 3.54. The minimum absolute atomic E-state index is 0.00114. The van der Waals surface area contributed by atoms with Gasteiger partial charge >= 0.3 is 6.03 Å². The van der Waals surface area contributed by atoms with E-state index in [4.69, 9.17) is 4.74 Å². The molecule has 1 saturated heterocycles. The predicted molar refractivity (Wildman–Crippen MR) is 77.3 cm³/mol. The molecule has 0 saturated carbocycles. The molecule has 0 unspecified atom stereocenters. The van der Waals surface area contributed by atoms with Crippen LogP contribution in [0.2, 0.25) is 0 Å². The Morgan fingerprint density at radius 2 is 2.15 bits per heavy atom. The fourth-order valence-corrected chi connectivity index (χ4v) is 2.67. The number of nitrogens with zero attached hydrogens (tertiary/aromatic N) is 1. The molecule has 2 heterocycles. The second kappa shape index (κ2) is 5.40. The van der Waals surface area contributed by atoms with E-state index in [-0.39, 0.29) is 23.3 Å². The zero-order valence-corrected chi connectivity index (χ0v) is 12.6. The fraction of sp³-hybridized carbons (Fsp3) is 0.600. The van der Waals surface area contributed by atoms with E-state index in [9.17, 15) is 4.79 Å². The summed E-state index contributed by atoms with van der Waals surface area (Å²) < 4.78 is 5.96. The summed E-state index contributed by atoms with van der Waals surface area (Å²) in [5.41, 5.74) is 0.277. The van der Waals surface area contributed by atoms with Crippen LogP contribution in [0, 0.1) is 0 Å². The van der Waals surface area contributed by atoms with Gasteiger partial charge in [-0.25, -0.2) is 4.79 Å². The third kappa shape index (κ3) is 3.70. The number of hydrogen-bond donors (Lipinski definition) is 2. The van der Waals surface area contributed by atoms with Gasteiger partial charge in [0.15, 0.2) is 0 Å². The molecule has 1 aliphatic heterocycles. The number of carbonyl (C=O) groups excluding carboxylic acids is 1. The summed E-state index contributed by atoms with van der Waals surface area (Å²) in [6, 6.07) is 5.45. The summed E-state index contributed by atoms with van der Waals surface area (Å²) in [7, 11) is 0. The molecule has 2 N–H and O–H groups in total. The monoisotopic (exact) mass is 277 g/mol. The number of amides is 2. The van der Waals surface area contributed by atoms with Gasteiger partial charge in [0.1, 0.15) is 0 Å². The van der Waals surface area contributed by atoms with Crippen LogP contribution in [-0.2, 0) is 11.3 Å². The average Bonchev–Trinajstić information content (AvgIpc) is 2.56. The molecule has 5 nitrogen and oxygen atoms in total. The van der Waals surface area contributed by atoms with E-state index in [1.165, 1.54) is 0 Å². The minimum Gasteiger partial charge on any atom is -0.367 e. The lowest BCUT2D eigenvalue weighted by atomic mass is 9.95. The molecule has 2 rings (SSSR count). The van der Waals surface area contributed by atoms with Crippen molar-refractivity contribution in [1.82, 2.24) is 15.6 Å². The van der Waals surface area contributed by atoms with Crippen LogP contribution in [0.1, 0.15) is 39.8 Å². The van der Waals surface area contributed by atoms with Crippen molar-refractivity contribution in [2.45, 2.75) is 57.9 Å². The highest BCUT2D eigenvalue weighted by Crippen LogP contribution is 2.37. The van der Waals surface area contributed by atoms with E-state index >= 15 is 0 Å². The number of carbonyl (C=O) groups is 1. The molecule has 0 aromatic carbocycles. The molecule has 0 radical (unpaired) electrons. The molecule has 0 aliphatic carbocycles. The van der Waals surface area contributed by atoms with Crippen molar-refractivity contribution < 1.29 is 9.53 Å². The Bertz CT molecular complexity index is 471. The van der Waals surface area contributed by atoms with Crippen molar-refractivity contribution in [3.05, 3.63) is 30.1 Å². The highest BCUT2D eigenvalue weighted by atomic mass is 16.5. The molecule has 5 heteroatoms. The maximum atomic E-state index is 12.0. The second-order valence-corrected chi connectivity index (χ2v) is 6.37. The van der Waals surface area contributed by atoms with Crippen molar-refractivity contribution in [2.75, 3.05) is 0 Å². The number of nitrogens with one attached hydrogen (secondary N) is 2. The van der Waals surface area contributed by atoms with Gasteiger partial charge in [-0.15, -0.1) is 0 Å². The van der Waals surface area contributed by atoms with Crippen molar-refractivity contribution in [1.29, 1.82) is 0 Å². The number of hydrogen-bond acceptors (Lipinski definition) is 3. The van der Waals surface area contributed by atoms with Gasteiger partial charge in [-0.1, -0.05) is 6.07 Å². The summed E-state index contributed by atoms with van der Waals surface area (Å²) in [5, 5.41) is 5.82. The highest BCUT2D eigenvalue weighted by Gasteiger charge is 2.46. The second-order valence-electron chi connectivity index (χ2n) is 6.37. The molecule has 110 valence electrons. The molecule has 1 aromatic rings. The van der Waals surface area contributed by atoms with Gasteiger partial charge in [0.2, 0.25) is 0 Å². The molecule has 20 heavy (non-hydrogen) atoms. The van der Waals surface area contributed by atoms with E-state index in [0.717, 1.165) is 12.1 Å². The Hall–Kier alpha value is -1.62. The van der Waals surface area contributed by atoms with E-state index < -0.39 is 0 Å². The minimum atomic E-state index is -0.355. The first kappa shape index (κ1) is 14.8. The van der Waals surface area contributed by atoms with Gasteiger partial charge in [-0.3, -0.25) is 4.98 Å². The Kier molecular flexibility index (Phi) is 3.99. The number of rotatable bonds is 3. The third-order valence-corrected chi connectivity index (χ3v) is 3.54. The largest absolute Gasteiger partial charge is 0.367 e. The Morgan fingerprint density at radius 3 is 2.70 bits per heavy atom. The normalized spacial score (nSPS) is 23.3. The lowest BCUT2D eigenvalue weighted by molar-refractivity contribution is -0.0690. The van der Waals surface area contributed by atoms with E-state index in [0.29, 0.717) is 6.54 Å². The Balaban J connectivity index is 1.86. The molecular formula is C15H23N3O2. The first-order valence-corrected chi connectivity index (χ1v) is 6.93. The summed E-state index contributed by atoms with van der Waals surface area (Å²) in [4.78, 5) is 16.1. The van der Waals surface area contributed by atoms with Crippen molar-refractivity contribution in [2.24, 2.45) is 0 Å². The van der Waals surface area contributed by atoms with Crippen molar-refractivity contribution in [3.8, 4) is 0 Å². The topological polar surface area (TPSA) is 63.2 Å². The molecule has 0 bridgehead atoms. The molecule has 1 atom stereocenters. The summed E-state index contributed by atoms with van der Waals surface area (Å²) in [5.74, 6) is 0. The van der Waals surface area contributed by atoms with Gasteiger partial charge in [0.25, 0.3) is 0 Å². The van der Waals surface area contributed by atoms with Gasteiger partial charge in [0.05, 0.1) is 29.5 Å². The van der Waals surface area contributed by atoms with Gasteiger partial charge in [0, 0.05) is 6.20 Å². The summed E-state index contributed by atoms with van der Waals surface area (Å²) in [6.07, 6.45) is 2.52. The van der Waals surface area contributed by atoms with Crippen LogP contribution in [0.4, 0.5) is 4.79 Å². The van der Waals surface area contributed by atoms with Crippen molar-refractivity contribution >= 4 is 6.03 Å². The number of pyridine rings is 1. The maximum Gasteiger partial charge on any atom is 0.315 e. The smallest absolute Gasteiger partial charge is 0.315 e. The number of urea groups is 1. The average molecular weight is 277 g/mol. The highest BCUT2D eigenvalue weighted by molar-refractivity contribution is 5.74. The van der Waals surface area contributed by atoms with E-state index in [2.05, 4.69) is 15.6 Å². The van der Waals surface area contributed by atoms with E-state index in [1.807, 2.05) is 45.9 Å². The van der Waals surface area contributed by atoms with Crippen LogP contribution in [-0.4, -0.2) is 28.3 Å². The first-order chi connectivity index (χ1) is 9.28.